The molecule has 4 heteroatoms. The smallest absolute Gasteiger partial charge is 0.340 e. The molecule has 0 bridgehead atoms. The van der Waals surface area contributed by atoms with E-state index in [1.54, 1.807) is 6.07 Å². The molecular weight excluding hydrogens is 209 g/mol. The topological polar surface area (TPSA) is 38.3 Å². The van der Waals surface area contributed by atoms with Gasteiger partial charge in [0.15, 0.2) is 0 Å². The maximum Gasteiger partial charge on any atom is 0.340 e. The number of methoxy groups -OCH3 is 1. The molecule has 0 radical (unpaired) electrons. The lowest BCUT2D eigenvalue weighted by molar-refractivity contribution is 0.0601. The highest BCUT2D eigenvalue weighted by Crippen LogP contribution is 2.19. The molecule has 3 nitrogen and oxygen atoms in total. The molecule has 1 N–H and O–H groups in total. The zero-order valence-electron chi connectivity index (χ0n) is 9.71. The molecule has 0 aromatic heterocycles. The summed E-state index contributed by atoms with van der Waals surface area (Å²) in [6, 6.07) is 4.26. The number of benzene rings is 1. The normalized spacial score (nSPS) is 12.0. The van der Waals surface area contributed by atoms with E-state index in [0.29, 0.717) is 5.69 Å². The van der Waals surface area contributed by atoms with Gasteiger partial charge in [0.1, 0.15) is 5.82 Å². The van der Waals surface area contributed by atoms with Crippen LogP contribution >= 0.6 is 0 Å². The fourth-order valence-corrected chi connectivity index (χ4v) is 1.29. The Morgan fingerprint density at radius 2 is 2.25 bits per heavy atom. The van der Waals surface area contributed by atoms with Crippen LogP contribution in [-0.4, -0.2) is 19.1 Å². The van der Waals surface area contributed by atoms with Gasteiger partial charge in [0, 0.05) is 11.7 Å². The second-order valence-corrected chi connectivity index (χ2v) is 3.64. The lowest BCUT2D eigenvalue weighted by atomic mass is 10.1. The molecule has 0 aliphatic rings. The summed E-state index contributed by atoms with van der Waals surface area (Å²) < 4.78 is 17.6. The largest absolute Gasteiger partial charge is 0.465 e. The number of esters is 1. The molecule has 0 heterocycles. The summed E-state index contributed by atoms with van der Waals surface area (Å²) in [4.78, 5) is 11.4. The summed E-state index contributed by atoms with van der Waals surface area (Å²) in [5.41, 5.74) is 0.824. The number of nitrogens with one attached hydrogen (secondary N) is 1. The SMILES string of the molecule is CCC(C)Nc1ccc(F)cc1C(=O)OC. The predicted molar refractivity (Wildman–Crippen MR) is 61.1 cm³/mol. The van der Waals surface area contributed by atoms with Crippen LogP contribution in [0.15, 0.2) is 18.2 Å². The van der Waals surface area contributed by atoms with Crippen molar-refractivity contribution in [3.8, 4) is 0 Å². The van der Waals surface area contributed by atoms with Crippen molar-refractivity contribution in [3.05, 3.63) is 29.6 Å². The van der Waals surface area contributed by atoms with Crippen molar-refractivity contribution < 1.29 is 13.9 Å². The van der Waals surface area contributed by atoms with Crippen LogP contribution in [0.5, 0.6) is 0 Å². The van der Waals surface area contributed by atoms with E-state index in [0.717, 1.165) is 6.42 Å². The van der Waals surface area contributed by atoms with Crippen molar-refractivity contribution in [2.24, 2.45) is 0 Å². The van der Waals surface area contributed by atoms with E-state index in [1.165, 1.54) is 19.2 Å². The number of rotatable bonds is 4. The zero-order valence-corrected chi connectivity index (χ0v) is 9.71. The molecule has 0 aliphatic carbocycles. The first-order valence-electron chi connectivity index (χ1n) is 5.22. The van der Waals surface area contributed by atoms with Crippen LogP contribution in [0.1, 0.15) is 30.6 Å². The van der Waals surface area contributed by atoms with Gasteiger partial charge >= 0.3 is 5.97 Å². The summed E-state index contributed by atoms with van der Waals surface area (Å²) in [5.74, 6) is -0.986. The average molecular weight is 225 g/mol. The van der Waals surface area contributed by atoms with Crippen molar-refractivity contribution in [2.75, 3.05) is 12.4 Å². The van der Waals surface area contributed by atoms with Crippen LogP contribution in [0.25, 0.3) is 0 Å². The Bertz CT molecular complexity index is 379. The molecule has 0 fully saturated rings. The second kappa shape index (κ2) is 5.49. The fraction of sp³-hybridized carbons (Fsp3) is 0.417. The third-order valence-electron chi connectivity index (χ3n) is 2.40. The highest BCUT2D eigenvalue weighted by Gasteiger charge is 2.13. The van der Waals surface area contributed by atoms with Gasteiger partial charge in [0.25, 0.3) is 0 Å². The van der Waals surface area contributed by atoms with Gasteiger partial charge in [0.05, 0.1) is 12.7 Å². The predicted octanol–water partition coefficient (Wildman–Crippen LogP) is 2.82. The molecule has 0 aliphatic heterocycles. The molecule has 0 saturated heterocycles. The van der Waals surface area contributed by atoms with E-state index in [4.69, 9.17) is 0 Å². The number of carbonyl (C=O) groups excluding carboxylic acids is 1. The Kier molecular flexibility index (Phi) is 4.28. The monoisotopic (exact) mass is 225 g/mol. The van der Waals surface area contributed by atoms with Crippen LogP contribution in [0.2, 0.25) is 0 Å². The Morgan fingerprint density at radius 1 is 1.56 bits per heavy atom. The maximum atomic E-state index is 13.0. The minimum atomic E-state index is -0.537. The van der Waals surface area contributed by atoms with Gasteiger partial charge in [-0.3, -0.25) is 0 Å². The third-order valence-corrected chi connectivity index (χ3v) is 2.40. The van der Waals surface area contributed by atoms with E-state index < -0.39 is 11.8 Å². The fourth-order valence-electron chi connectivity index (χ4n) is 1.29. The molecule has 0 spiro atoms. The lowest BCUT2D eigenvalue weighted by Crippen LogP contribution is -2.16. The van der Waals surface area contributed by atoms with Gasteiger partial charge in [-0.05, 0) is 31.5 Å². The summed E-state index contributed by atoms with van der Waals surface area (Å²) in [7, 11) is 1.28. The van der Waals surface area contributed by atoms with E-state index >= 15 is 0 Å². The molecule has 1 unspecified atom stereocenters. The standard InChI is InChI=1S/C12H16FNO2/c1-4-8(2)14-11-6-5-9(13)7-10(11)12(15)16-3/h5-8,14H,4H2,1-3H3. The van der Waals surface area contributed by atoms with Crippen molar-refractivity contribution >= 4 is 11.7 Å². The van der Waals surface area contributed by atoms with Gasteiger partial charge in [-0.25, -0.2) is 9.18 Å². The number of carbonyl (C=O) groups is 1. The van der Waals surface area contributed by atoms with Crippen molar-refractivity contribution in [3.63, 3.8) is 0 Å². The highest BCUT2D eigenvalue weighted by atomic mass is 19.1. The van der Waals surface area contributed by atoms with Gasteiger partial charge in [-0.2, -0.15) is 0 Å². The molecule has 1 rings (SSSR count). The quantitative estimate of drug-likeness (QED) is 0.801. The highest BCUT2D eigenvalue weighted by molar-refractivity contribution is 5.95. The Balaban J connectivity index is 3.02. The van der Waals surface area contributed by atoms with E-state index in [9.17, 15) is 9.18 Å². The van der Waals surface area contributed by atoms with Crippen LogP contribution in [0.3, 0.4) is 0 Å². The maximum absolute atomic E-state index is 13.0. The molecule has 0 saturated carbocycles. The number of hydrogen-bond donors (Lipinski definition) is 1. The minimum absolute atomic E-state index is 0.217. The number of ether oxygens (including phenoxy) is 1. The van der Waals surface area contributed by atoms with Crippen LogP contribution in [0.4, 0.5) is 10.1 Å². The molecule has 1 aromatic carbocycles. The number of anilines is 1. The van der Waals surface area contributed by atoms with E-state index in [-0.39, 0.29) is 11.6 Å². The summed E-state index contributed by atoms with van der Waals surface area (Å²) in [6.07, 6.45) is 0.915. The molecule has 1 aromatic rings. The summed E-state index contributed by atoms with van der Waals surface area (Å²) >= 11 is 0. The van der Waals surface area contributed by atoms with Crippen LogP contribution < -0.4 is 5.32 Å². The van der Waals surface area contributed by atoms with Gasteiger partial charge in [-0.1, -0.05) is 6.92 Å². The van der Waals surface area contributed by atoms with Crippen LogP contribution in [0, 0.1) is 5.82 Å². The number of halogens is 1. The average Bonchev–Trinajstić information content (AvgIpc) is 2.30. The first kappa shape index (κ1) is 12.5. The Labute approximate surface area is 94.6 Å². The summed E-state index contributed by atoms with van der Waals surface area (Å²) in [6.45, 7) is 4.02. The van der Waals surface area contributed by atoms with Gasteiger partial charge in [-0.15, -0.1) is 0 Å². The molecule has 88 valence electrons. The van der Waals surface area contributed by atoms with E-state index in [2.05, 4.69) is 10.1 Å². The van der Waals surface area contributed by atoms with Crippen molar-refractivity contribution in [1.82, 2.24) is 0 Å². The molecule has 0 amide bonds. The zero-order chi connectivity index (χ0) is 12.1. The summed E-state index contributed by atoms with van der Waals surface area (Å²) in [5, 5.41) is 3.14. The Morgan fingerprint density at radius 3 is 2.81 bits per heavy atom. The minimum Gasteiger partial charge on any atom is -0.465 e. The number of hydrogen-bond acceptors (Lipinski definition) is 3. The van der Waals surface area contributed by atoms with Crippen molar-refractivity contribution in [2.45, 2.75) is 26.3 Å². The first-order valence-corrected chi connectivity index (χ1v) is 5.22. The Hall–Kier alpha value is -1.58. The third kappa shape index (κ3) is 2.95. The van der Waals surface area contributed by atoms with Gasteiger partial charge in [0.2, 0.25) is 0 Å². The molecule has 16 heavy (non-hydrogen) atoms. The second-order valence-electron chi connectivity index (χ2n) is 3.64. The van der Waals surface area contributed by atoms with Crippen molar-refractivity contribution in [1.29, 1.82) is 0 Å². The van der Waals surface area contributed by atoms with Crippen LogP contribution in [-0.2, 0) is 4.74 Å². The lowest BCUT2D eigenvalue weighted by Gasteiger charge is -2.15. The molecule has 1 atom stereocenters. The molecular formula is C12H16FNO2. The van der Waals surface area contributed by atoms with E-state index in [1.807, 2.05) is 13.8 Å². The first-order chi connectivity index (χ1) is 7.58. The van der Waals surface area contributed by atoms with Gasteiger partial charge < -0.3 is 10.1 Å².